The molecule has 0 fully saturated rings. The third-order valence-corrected chi connectivity index (χ3v) is 0.367. The van der Waals surface area contributed by atoms with Crippen molar-refractivity contribution >= 4 is 26.4 Å². The summed E-state index contributed by atoms with van der Waals surface area (Å²) in [6.45, 7) is 0. The van der Waals surface area contributed by atoms with Crippen molar-refractivity contribution in [1.29, 1.82) is 0 Å². The van der Waals surface area contributed by atoms with E-state index in [1.54, 1.807) is 0 Å². The summed E-state index contributed by atoms with van der Waals surface area (Å²) in [5.41, 5.74) is 0. The molecule has 5 nitrogen and oxygen atoms in total. The van der Waals surface area contributed by atoms with Gasteiger partial charge in [0.15, 0.2) is 0 Å². The van der Waals surface area contributed by atoms with Crippen LogP contribution in [0.5, 0.6) is 0 Å². The van der Waals surface area contributed by atoms with Crippen LogP contribution in [0.15, 0.2) is 0 Å². The van der Waals surface area contributed by atoms with Crippen LogP contribution in [0.25, 0.3) is 0 Å². The molecule has 0 bridgehead atoms. The molecule has 0 atom stereocenters. The zero-order valence-electron chi connectivity index (χ0n) is 4.41. The molecule has 0 heterocycles. The molecule has 0 unspecified atom stereocenters. The van der Waals surface area contributed by atoms with Crippen molar-refractivity contribution < 1.29 is 61.4 Å². The third kappa shape index (κ3) is 34.2. The van der Waals surface area contributed by atoms with E-state index in [1.165, 1.54) is 0 Å². The van der Waals surface area contributed by atoms with E-state index in [1.807, 2.05) is 0 Å². The quantitative estimate of drug-likeness (QED) is 0.209. The van der Waals surface area contributed by atoms with Gasteiger partial charge in [0.25, 0.3) is 0 Å². The molecule has 0 radical (unpaired) electrons. The van der Waals surface area contributed by atoms with Crippen LogP contribution < -0.4 is 37.2 Å². The normalized spacial score (nSPS) is 7.20. The molecular formula is H4AlCl3O5Si. The summed E-state index contributed by atoms with van der Waals surface area (Å²) < 4.78 is 2.74. The van der Waals surface area contributed by atoms with E-state index in [9.17, 15) is 0 Å². The molecule has 10 heteroatoms. The van der Waals surface area contributed by atoms with Gasteiger partial charge < -0.3 is 51.6 Å². The van der Waals surface area contributed by atoms with Gasteiger partial charge in [-0.05, 0) is 0 Å². The van der Waals surface area contributed by atoms with Gasteiger partial charge in [0.2, 0.25) is 0 Å². The summed E-state index contributed by atoms with van der Waals surface area (Å²) in [6.07, 6.45) is 0. The van der Waals surface area contributed by atoms with Crippen LogP contribution in [0.4, 0.5) is 0 Å². The molecule has 0 amide bonds. The van der Waals surface area contributed by atoms with Crippen molar-refractivity contribution in [2.24, 2.45) is 0 Å². The largest absolute Gasteiger partial charge is 3.00 e. The summed E-state index contributed by atoms with van der Waals surface area (Å²) in [4.78, 5) is 22.8. The minimum absolute atomic E-state index is 0. The van der Waals surface area contributed by atoms with E-state index < -0.39 is 9.05 Å². The van der Waals surface area contributed by atoms with E-state index in [4.69, 9.17) is 19.6 Å². The van der Waals surface area contributed by atoms with Crippen molar-refractivity contribution in [3.05, 3.63) is 0 Å². The van der Waals surface area contributed by atoms with E-state index in [0.29, 0.717) is 0 Å². The van der Waals surface area contributed by atoms with Gasteiger partial charge >= 0.3 is 26.4 Å². The number of halogens is 3. The maximum atomic E-state index is 7.60. The molecule has 10 heavy (non-hydrogen) atoms. The van der Waals surface area contributed by atoms with E-state index in [0.717, 1.165) is 0 Å². The van der Waals surface area contributed by atoms with Crippen LogP contribution in [0.2, 0.25) is 0 Å². The zero-order chi connectivity index (χ0) is 5.21. The first-order chi connectivity index (χ1) is 2.56. The summed E-state index contributed by atoms with van der Waals surface area (Å²) in [5.74, 6) is 0. The first-order valence-electron chi connectivity index (χ1n) is 1.06. The third-order valence-electron chi connectivity index (χ3n) is 0.122. The van der Waals surface area contributed by atoms with Gasteiger partial charge in [-0.15, -0.1) is 0 Å². The molecular weight excluding hydrogens is 241 g/mol. The summed E-state index contributed by atoms with van der Waals surface area (Å²) in [5, 5.41) is 7.21. The van der Waals surface area contributed by atoms with Gasteiger partial charge in [-0.2, -0.15) is 4.58 Å². The van der Waals surface area contributed by atoms with Gasteiger partial charge in [-0.3, -0.25) is 5.26 Å². The Morgan fingerprint density at radius 3 is 1.00 bits per heavy atom. The van der Waals surface area contributed by atoms with Gasteiger partial charge in [-0.25, -0.2) is 0 Å². The summed E-state index contributed by atoms with van der Waals surface area (Å²) in [6, 6.07) is 0. The van der Waals surface area contributed by atoms with Crippen molar-refractivity contribution in [1.82, 2.24) is 0 Å². The Labute approximate surface area is 87.8 Å². The molecule has 0 aliphatic heterocycles. The summed E-state index contributed by atoms with van der Waals surface area (Å²) >= 11 is 0. The Morgan fingerprint density at radius 2 is 1.00 bits per heavy atom. The molecule has 0 aromatic carbocycles. The second kappa shape index (κ2) is 13.0. The van der Waals surface area contributed by atoms with Crippen LogP contribution in [-0.4, -0.2) is 46.1 Å². The first-order valence-corrected chi connectivity index (χ1v) is 2.81. The van der Waals surface area contributed by atoms with E-state index in [-0.39, 0.29) is 54.6 Å². The fourth-order valence-electron chi connectivity index (χ4n) is 0. The second-order valence-electron chi connectivity index (χ2n) is 0.665. The number of hydrogen-bond acceptors (Lipinski definition) is 5. The Morgan fingerprint density at radius 1 is 0.900 bits per heavy atom. The van der Waals surface area contributed by atoms with Crippen LogP contribution in [0.1, 0.15) is 0 Å². The van der Waals surface area contributed by atoms with Crippen molar-refractivity contribution in [2.75, 3.05) is 0 Å². The van der Waals surface area contributed by atoms with Gasteiger partial charge in [-0.1, -0.05) is 0 Å². The molecule has 0 rings (SSSR count). The molecule has 4 N–H and O–H groups in total. The molecule has 0 aromatic heterocycles. The van der Waals surface area contributed by atoms with E-state index >= 15 is 0 Å². The van der Waals surface area contributed by atoms with E-state index in [2.05, 4.69) is 4.58 Å². The molecule has 0 spiro atoms. The Kier molecular flexibility index (Phi) is 39.2. The Bertz CT molecular complexity index is 46.6. The number of rotatable bonds is 1. The van der Waals surface area contributed by atoms with Gasteiger partial charge in [0.05, 0.1) is 0 Å². The van der Waals surface area contributed by atoms with Crippen LogP contribution in [0, 0.1) is 0 Å². The van der Waals surface area contributed by atoms with Crippen LogP contribution in [0.3, 0.4) is 0 Å². The number of hydrogen-bond donors (Lipinski definition) is 4. The molecule has 0 aliphatic carbocycles. The second-order valence-corrected chi connectivity index (χ2v) is 2.00. The molecule has 0 aliphatic rings. The predicted octanol–water partition coefficient (Wildman–Crippen LogP) is -11.5. The fourth-order valence-corrected chi connectivity index (χ4v) is 0. The first kappa shape index (κ1) is 30.1. The zero-order valence-corrected chi connectivity index (χ0v) is 8.83. The minimum atomic E-state index is -4.58. The summed E-state index contributed by atoms with van der Waals surface area (Å²) in [7, 11) is -4.58. The standard InChI is InChI=1S/Al.3ClH.H4O5Si/c;;;;1-5-6(2,3)4/h;3*1H;1-4H/q+3;;;;/p-3. The minimum Gasteiger partial charge on any atom is -1.00 e. The molecule has 62 valence electrons. The monoisotopic (exact) mass is 244 g/mol. The SMILES string of the molecule is OO[Si](O)(O)O.[Al+3].[Cl-].[Cl-].[Cl-]. The van der Waals surface area contributed by atoms with Crippen molar-refractivity contribution in [2.45, 2.75) is 0 Å². The Balaban J connectivity index is -0.0000000208. The molecule has 0 saturated carbocycles. The maximum Gasteiger partial charge on any atom is 3.00 e. The topological polar surface area (TPSA) is 90.2 Å². The molecule has 0 saturated heterocycles. The fraction of sp³-hybridized carbons (Fsp3) is 0. The molecule has 0 aromatic rings. The Hall–Kier alpha value is 1.42. The smallest absolute Gasteiger partial charge is 1.00 e. The van der Waals surface area contributed by atoms with Crippen molar-refractivity contribution in [3.8, 4) is 0 Å². The predicted molar refractivity (Wildman–Crippen MR) is 21.9 cm³/mol. The van der Waals surface area contributed by atoms with Crippen molar-refractivity contribution in [3.63, 3.8) is 0 Å². The van der Waals surface area contributed by atoms with Crippen LogP contribution >= 0.6 is 0 Å². The maximum absolute atomic E-state index is 7.60. The van der Waals surface area contributed by atoms with Crippen LogP contribution in [-0.2, 0) is 4.58 Å². The van der Waals surface area contributed by atoms with Gasteiger partial charge in [0, 0.05) is 0 Å². The average Bonchev–Trinajstić information content (AvgIpc) is 1.35. The van der Waals surface area contributed by atoms with Gasteiger partial charge in [0.1, 0.15) is 0 Å². The average molecular weight is 245 g/mol.